The van der Waals surface area contributed by atoms with Gasteiger partial charge in [-0.3, -0.25) is 4.79 Å². The van der Waals surface area contributed by atoms with Crippen molar-refractivity contribution in [1.82, 2.24) is 5.32 Å². The summed E-state index contributed by atoms with van der Waals surface area (Å²) in [4.78, 5) is 12.0. The molecule has 1 aliphatic heterocycles. The molecule has 0 aromatic heterocycles. The molecular formula is C14H25NO3. The lowest BCUT2D eigenvalue weighted by Gasteiger charge is -2.35. The summed E-state index contributed by atoms with van der Waals surface area (Å²) in [6.07, 6.45) is 4.28. The van der Waals surface area contributed by atoms with Crippen molar-refractivity contribution in [1.29, 1.82) is 0 Å². The van der Waals surface area contributed by atoms with Gasteiger partial charge in [0, 0.05) is 13.2 Å². The molecule has 0 radical (unpaired) electrons. The molecule has 2 atom stereocenters. The number of rotatable bonds is 3. The number of amides is 1. The van der Waals surface area contributed by atoms with Crippen LogP contribution in [0.5, 0.6) is 0 Å². The van der Waals surface area contributed by atoms with E-state index in [9.17, 15) is 9.90 Å². The Bertz CT molecular complexity index is 297. The van der Waals surface area contributed by atoms with Crippen LogP contribution in [0.25, 0.3) is 0 Å². The van der Waals surface area contributed by atoms with E-state index in [1.165, 1.54) is 0 Å². The van der Waals surface area contributed by atoms with Crippen LogP contribution in [0.4, 0.5) is 0 Å². The van der Waals surface area contributed by atoms with Gasteiger partial charge in [-0.25, -0.2) is 0 Å². The maximum absolute atomic E-state index is 12.0. The third-order valence-electron chi connectivity index (χ3n) is 4.44. The number of hydrogen-bond donors (Lipinski definition) is 2. The van der Waals surface area contributed by atoms with Gasteiger partial charge in [-0.2, -0.15) is 0 Å². The van der Waals surface area contributed by atoms with Gasteiger partial charge in [-0.1, -0.05) is 13.8 Å². The summed E-state index contributed by atoms with van der Waals surface area (Å²) in [5.41, 5.74) is -0.704. The van der Waals surface area contributed by atoms with Crippen LogP contribution in [0, 0.1) is 11.8 Å². The average molecular weight is 255 g/mol. The lowest BCUT2D eigenvalue weighted by molar-refractivity contribution is -0.133. The van der Waals surface area contributed by atoms with Crippen LogP contribution in [0.3, 0.4) is 0 Å². The Balaban J connectivity index is 1.78. The molecule has 1 amide bonds. The Morgan fingerprint density at radius 1 is 1.33 bits per heavy atom. The lowest BCUT2D eigenvalue weighted by atomic mass is 9.79. The quantitative estimate of drug-likeness (QED) is 0.803. The van der Waals surface area contributed by atoms with Crippen LogP contribution in [-0.2, 0) is 9.53 Å². The number of ether oxygens (including phenoxy) is 1. The van der Waals surface area contributed by atoms with Crippen molar-refractivity contribution in [2.24, 2.45) is 11.8 Å². The molecule has 0 spiro atoms. The first-order valence-electron chi connectivity index (χ1n) is 7.12. The highest BCUT2D eigenvalue weighted by Crippen LogP contribution is 2.31. The first-order chi connectivity index (χ1) is 8.50. The van der Waals surface area contributed by atoms with E-state index in [2.05, 4.69) is 12.2 Å². The maximum atomic E-state index is 12.0. The summed E-state index contributed by atoms with van der Waals surface area (Å²) in [6, 6.07) is 0. The first-order valence-corrected chi connectivity index (χ1v) is 7.12. The van der Waals surface area contributed by atoms with Crippen LogP contribution in [0.15, 0.2) is 0 Å². The van der Waals surface area contributed by atoms with Gasteiger partial charge >= 0.3 is 0 Å². The van der Waals surface area contributed by atoms with E-state index >= 15 is 0 Å². The van der Waals surface area contributed by atoms with Gasteiger partial charge in [0.25, 0.3) is 0 Å². The minimum absolute atomic E-state index is 0.0629. The third kappa shape index (κ3) is 3.23. The third-order valence-corrected chi connectivity index (χ3v) is 4.44. The van der Waals surface area contributed by atoms with Gasteiger partial charge < -0.3 is 15.2 Å². The van der Waals surface area contributed by atoms with Crippen molar-refractivity contribution in [3.8, 4) is 0 Å². The van der Waals surface area contributed by atoms with Crippen molar-refractivity contribution in [2.45, 2.75) is 57.7 Å². The van der Waals surface area contributed by atoms with E-state index in [-0.39, 0.29) is 17.9 Å². The van der Waals surface area contributed by atoms with Gasteiger partial charge in [0.15, 0.2) is 0 Å². The molecule has 2 fully saturated rings. The molecule has 2 N–H and O–H groups in total. The molecule has 1 heterocycles. The normalized spacial score (nSPS) is 40.7. The largest absolute Gasteiger partial charge is 0.388 e. The molecule has 18 heavy (non-hydrogen) atoms. The van der Waals surface area contributed by atoms with Crippen LogP contribution in [0.1, 0.15) is 46.0 Å². The second kappa shape index (κ2) is 5.57. The molecule has 1 saturated heterocycles. The highest BCUT2D eigenvalue weighted by molar-refractivity contribution is 5.81. The number of carbonyl (C=O) groups is 1. The van der Waals surface area contributed by atoms with Crippen LogP contribution >= 0.6 is 0 Å². The average Bonchev–Trinajstić information content (AvgIpc) is 2.77. The zero-order chi connectivity index (χ0) is 13.2. The summed E-state index contributed by atoms with van der Waals surface area (Å²) in [7, 11) is 0. The molecule has 0 aromatic carbocycles. The van der Waals surface area contributed by atoms with Crippen molar-refractivity contribution in [2.75, 3.05) is 13.2 Å². The molecular weight excluding hydrogens is 230 g/mol. The molecule has 0 bridgehead atoms. The van der Waals surface area contributed by atoms with Gasteiger partial charge in [0.1, 0.15) is 6.10 Å². The first kappa shape index (κ1) is 13.8. The van der Waals surface area contributed by atoms with Gasteiger partial charge in [0.05, 0.1) is 5.60 Å². The fourth-order valence-electron chi connectivity index (χ4n) is 2.86. The Morgan fingerprint density at radius 2 is 2.00 bits per heavy atom. The monoisotopic (exact) mass is 255 g/mol. The van der Waals surface area contributed by atoms with Gasteiger partial charge in [0.2, 0.25) is 5.91 Å². The van der Waals surface area contributed by atoms with E-state index in [4.69, 9.17) is 4.74 Å². The molecule has 2 aliphatic rings. The predicted octanol–water partition coefficient (Wildman–Crippen LogP) is 1.47. The lowest BCUT2D eigenvalue weighted by Crippen LogP contribution is -2.48. The van der Waals surface area contributed by atoms with Crippen molar-refractivity contribution < 1.29 is 14.6 Å². The molecule has 4 heteroatoms. The van der Waals surface area contributed by atoms with E-state index in [1.807, 2.05) is 6.92 Å². The molecule has 1 aliphatic carbocycles. The summed E-state index contributed by atoms with van der Waals surface area (Å²) >= 11 is 0. The summed E-state index contributed by atoms with van der Waals surface area (Å²) in [5.74, 6) is 0.914. The minimum Gasteiger partial charge on any atom is -0.388 e. The summed E-state index contributed by atoms with van der Waals surface area (Å²) in [5, 5.41) is 13.3. The smallest absolute Gasteiger partial charge is 0.249 e. The van der Waals surface area contributed by atoms with Gasteiger partial charge in [-0.05, 0) is 43.9 Å². The second-order valence-electron chi connectivity index (χ2n) is 6.18. The van der Waals surface area contributed by atoms with E-state index in [0.717, 1.165) is 32.1 Å². The number of hydrogen-bond acceptors (Lipinski definition) is 3. The Morgan fingerprint density at radius 3 is 2.56 bits per heavy atom. The number of nitrogens with one attached hydrogen (secondary N) is 1. The van der Waals surface area contributed by atoms with E-state index in [1.54, 1.807) is 0 Å². The maximum Gasteiger partial charge on any atom is 0.249 e. The Labute approximate surface area is 109 Å². The van der Waals surface area contributed by atoms with Crippen molar-refractivity contribution in [3.05, 3.63) is 0 Å². The van der Waals surface area contributed by atoms with Crippen molar-refractivity contribution in [3.63, 3.8) is 0 Å². The predicted molar refractivity (Wildman–Crippen MR) is 69.1 cm³/mol. The number of aliphatic hydroxyl groups is 1. The number of carbonyl (C=O) groups excluding carboxylic acids is 1. The summed E-state index contributed by atoms with van der Waals surface area (Å²) < 4.78 is 5.42. The molecule has 104 valence electrons. The molecule has 2 rings (SSSR count). The Hall–Kier alpha value is -0.610. The van der Waals surface area contributed by atoms with E-state index < -0.39 is 5.60 Å². The molecule has 0 aromatic rings. The summed E-state index contributed by atoms with van der Waals surface area (Å²) in [6.45, 7) is 5.28. The fraction of sp³-hybridized carbons (Fsp3) is 0.929. The highest BCUT2D eigenvalue weighted by atomic mass is 16.5. The van der Waals surface area contributed by atoms with Gasteiger partial charge in [-0.15, -0.1) is 0 Å². The zero-order valence-electron chi connectivity index (χ0n) is 11.4. The van der Waals surface area contributed by atoms with Crippen molar-refractivity contribution >= 4 is 5.91 Å². The van der Waals surface area contributed by atoms with Crippen LogP contribution in [0.2, 0.25) is 0 Å². The second-order valence-corrected chi connectivity index (χ2v) is 6.18. The molecule has 1 saturated carbocycles. The molecule has 2 unspecified atom stereocenters. The topological polar surface area (TPSA) is 58.6 Å². The fourth-order valence-corrected chi connectivity index (χ4v) is 2.86. The van der Waals surface area contributed by atoms with Crippen LogP contribution in [-0.4, -0.2) is 35.9 Å². The minimum atomic E-state index is -0.704. The standard InChI is InChI=1S/C14H25NO3/c1-10-3-6-14(17,7-4-10)9-15-13(16)12-11(2)5-8-18-12/h10-12,17H,3-9H2,1-2H3,(H,15,16). The highest BCUT2D eigenvalue weighted by Gasteiger charge is 2.35. The van der Waals surface area contributed by atoms with E-state index in [0.29, 0.717) is 19.1 Å². The molecule has 4 nitrogen and oxygen atoms in total. The Kier molecular flexibility index (Phi) is 4.28. The SMILES string of the molecule is CC1CCC(O)(CNC(=O)C2OCCC2C)CC1. The van der Waals surface area contributed by atoms with Crippen LogP contribution < -0.4 is 5.32 Å². The zero-order valence-corrected chi connectivity index (χ0v) is 11.4.